The third kappa shape index (κ3) is 2.85. The normalized spacial score (nSPS) is 53.8. The van der Waals surface area contributed by atoms with E-state index in [4.69, 9.17) is 4.74 Å². The molecule has 8 unspecified atom stereocenters. The zero-order chi connectivity index (χ0) is 23.4. The summed E-state index contributed by atoms with van der Waals surface area (Å²) < 4.78 is 6.03. The minimum Gasteiger partial charge on any atom is -0.381 e. The van der Waals surface area contributed by atoms with Gasteiger partial charge in [0.15, 0.2) is 0 Å². The quantitative estimate of drug-likeness (QED) is 0.370. The fraction of sp³-hybridized carbons (Fsp3) is 0.935. The van der Waals surface area contributed by atoms with Crippen molar-refractivity contribution in [1.29, 1.82) is 0 Å². The van der Waals surface area contributed by atoms with Crippen molar-refractivity contribution in [2.45, 2.75) is 126 Å². The standard InChI is InChI=1S/C31H52O/c1-26(2)16-17-28(5)18-19-30(7)22-10-11-23-27(3,4)25(32-9)13-14-29(23,6)21(22)12-15-31(30,8)24(28)20-26/h10,21,23-25H,11-20H2,1-9H3. The molecule has 0 bridgehead atoms. The highest BCUT2D eigenvalue weighted by Crippen LogP contribution is 2.75. The van der Waals surface area contributed by atoms with E-state index >= 15 is 0 Å². The lowest BCUT2D eigenvalue weighted by molar-refractivity contribution is -0.180. The predicted molar refractivity (Wildman–Crippen MR) is 136 cm³/mol. The van der Waals surface area contributed by atoms with Crippen LogP contribution in [-0.2, 0) is 4.74 Å². The summed E-state index contributed by atoms with van der Waals surface area (Å²) >= 11 is 0. The molecule has 5 aliphatic carbocycles. The van der Waals surface area contributed by atoms with Gasteiger partial charge in [0.1, 0.15) is 0 Å². The summed E-state index contributed by atoms with van der Waals surface area (Å²) in [6, 6.07) is 0. The van der Waals surface area contributed by atoms with E-state index in [1.165, 1.54) is 64.2 Å². The zero-order valence-electron chi connectivity index (χ0n) is 22.9. The molecule has 4 saturated carbocycles. The van der Waals surface area contributed by atoms with Crippen LogP contribution in [0.5, 0.6) is 0 Å². The van der Waals surface area contributed by atoms with E-state index in [9.17, 15) is 0 Å². The van der Waals surface area contributed by atoms with Gasteiger partial charge in [-0.1, -0.05) is 67.0 Å². The van der Waals surface area contributed by atoms with Gasteiger partial charge in [0, 0.05) is 7.11 Å². The molecule has 0 aromatic carbocycles. The highest BCUT2D eigenvalue weighted by molar-refractivity contribution is 5.33. The number of hydrogen-bond donors (Lipinski definition) is 0. The Morgan fingerprint density at radius 1 is 0.781 bits per heavy atom. The molecular formula is C31H52O. The molecule has 0 aromatic rings. The maximum atomic E-state index is 6.03. The van der Waals surface area contributed by atoms with E-state index < -0.39 is 0 Å². The van der Waals surface area contributed by atoms with Crippen LogP contribution in [0.3, 0.4) is 0 Å². The van der Waals surface area contributed by atoms with Crippen molar-refractivity contribution in [3.63, 3.8) is 0 Å². The first-order valence-electron chi connectivity index (χ1n) is 14.0. The molecule has 0 aliphatic heterocycles. The summed E-state index contributed by atoms with van der Waals surface area (Å²) in [6.07, 6.45) is 17.1. The van der Waals surface area contributed by atoms with Crippen molar-refractivity contribution in [3.05, 3.63) is 11.6 Å². The molecule has 0 spiro atoms. The van der Waals surface area contributed by atoms with E-state index in [0.717, 1.165) is 17.8 Å². The molecule has 4 fully saturated rings. The number of ether oxygens (including phenoxy) is 1. The second-order valence-electron chi connectivity index (χ2n) is 15.5. The molecule has 8 atom stereocenters. The Hall–Kier alpha value is -0.300. The van der Waals surface area contributed by atoms with E-state index in [0.29, 0.717) is 33.2 Å². The molecule has 5 aliphatic rings. The van der Waals surface area contributed by atoms with Gasteiger partial charge in [0.05, 0.1) is 6.10 Å². The van der Waals surface area contributed by atoms with Crippen LogP contribution in [0.1, 0.15) is 120 Å². The largest absolute Gasteiger partial charge is 0.381 e. The maximum Gasteiger partial charge on any atom is 0.0625 e. The van der Waals surface area contributed by atoms with Gasteiger partial charge in [0.25, 0.3) is 0 Å². The number of allylic oxidation sites excluding steroid dienone is 2. The van der Waals surface area contributed by atoms with Crippen molar-refractivity contribution in [1.82, 2.24) is 0 Å². The van der Waals surface area contributed by atoms with Crippen LogP contribution >= 0.6 is 0 Å². The Bertz CT molecular complexity index is 805. The number of rotatable bonds is 1. The van der Waals surface area contributed by atoms with Gasteiger partial charge in [-0.15, -0.1) is 0 Å². The monoisotopic (exact) mass is 440 g/mol. The van der Waals surface area contributed by atoms with Crippen LogP contribution in [0.15, 0.2) is 11.6 Å². The second-order valence-corrected chi connectivity index (χ2v) is 15.5. The molecular weight excluding hydrogens is 388 g/mol. The van der Waals surface area contributed by atoms with Crippen LogP contribution in [-0.4, -0.2) is 13.2 Å². The fourth-order valence-corrected chi connectivity index (χ4v) is 10.9. The van der Waals surface area contributed by atoms with E-state index in [2.05, 4.69) is 61.5 Å². The first-order valence-corrected chi connectivity index (χ1v) is 14.0. The first kappa shape index (κ1) is 23.4. The van der Waals surface area contributed by atoms with Gasteiger partial charge in [-0.3, -0.25) is 0 Å². The maximum absolute atomic E-state index is 6.03. The van der Waals surface area contributed by atoms with E-state index in [1.54, 1.807) is 0 Å². The highest BCUT2D eigenvalue weighted by Gasteiger charge is 2.67. The van der Waals surface area contributed by atoms with Crippen LogP contribution in [0.4, 0.5) is 0 Å². The Morgan fingerprint density at radius 3 is 2.16 bits per heavy atom. The second kappa shape index (κ2) is 6.89. The lowest BCUT2D eigenvalue weighted by Crippen LogP contribution is -2.63. The van der Waals surface area contributed by atoms with Gasteiger partial charge in [0.2, 0.25) is 0 Å². The summed E-state index contributed by atoms with van der Waals surface area (Å²) in [6.45, 7) is 20.9. The van der Waals surface area contributed by atoms with Crippen molar-refractivity contribution in [3.8, 4) is 0 Å². The molecule has 0 N–H and O–H groups in total. The van der Waals surface area contributed by atoms with Crippen molar-refractivity contribution in [2.75, 3.05) is 7.11 Å². The number of hydrogen-bond acceptors (Lipinski definition) is 1. The molecule has 0 saturated heterocycles. The molecule has 1 nitrogen and oxygen atoms in total. The lowest BCUT2D eigenvalue weighted by Gasteiger charge is -2.71. The first-order chi connectivity index (χ1) is 14.7. The lowest BCUT2D eigenvalue weighted by atomic mass is 9.34. The summed E-state index contributed by atoms with van der Waals surface area (Å²) in [4.78, 5) is 0. The van der Waals surface area contributed by atoms with Crippen LogP contribution in [0.25, 0.3) is 0 Å². The van der Waals surface area contributed by atoms with Crippen LogP contribution in [0, 0.1) is 50.2 Å². The summed E-state index contributed by atoms with van der Waals surface area (Å²) in [5.41, 5.74) is 4.55. The smallest absolute Gasteiger partial charge is 0.0625 e. The molecule has 0 aromatic heterocycles. The van der Waals surface area contributed by atoms with Crippen molar-refractivity contribution >= 4 is 0 Å². The molecule has 0 amide bonds. The van der Waals surface area contributed by atoms with Crippen LogP contribution in [0.2, 0.25) is 0 Å². The molecule has 5 rings (SSSR count). The summed E-state index contributed by atoms with van der Waals surface area (Å²) in [7, 11) is 1.94. The van der Waals surface area contributed by atoms with Crippen molar-refractivity contribution in [2.24, 2.45) is 50.2 Å². The summed E-state index contributed by atoms with van der Waals surface area (Å²) in [5, 5.41) is 0. The van der Waals surface area contributed by atoms with Gasteiger partial charge in [-0.2, -0.15) is 0 Å². The molecule has 0 heterocycles. The molecule has 0 radical (unpaired) electrons. The average Bonchev–Trinajstić information content (AvgIpc) is 2.71. The Balaban J connectivity index is 1.55. The highest BCUT2D eigenvalue weighted by atomic mass is 16.5. The molecule has 1 heteroatoms. The Morgan fingerprint density at radius 2 is 1.47 bits per heavy atom. The Kier molecular flexibility index (Phi) is 5.05. The topological polar surface area (TPSA) is 9.23 Å². The fourth-order valence-electron chi connectivity index (χ4n) is 10.9. The van der Waals surface area contributed by atoms with E-state index in [-0.39, 0.29) is 5.41 Å². The van der Waals surface area contributed by atoms with Gasteiger partial charge >= 0.3 is 0 Å². The SMILES string of the molecule is COC1CCC2(C)C3CCC4(C)C5CC(C)(C)CCC5(C)CCC4(C)C3=CCC2C1(C)C. The van der Waals surface area contributed by atoms with Gasteiger partial charge in [-0.05, 0) is 114 Å². The zero-order valence-corrected chi connectivity index (χ0v) is 22.9. The van der Waals surface area contributed by atoms with Crippen molar-refractivity contribution < 1.29 is 4.74 Å². The van der Waals surface area contributed by atoms with Crippen LogP contribution < -0.4 is 0 Å². The summed E-state index contributed by atoms with van der Waals surface area (Å²) in [5.74, 6) is 2.42. The van der Waals surface area contributed by atoms with E-state index in [1.807, 2.05) is 12.7 Å². The molecule has 32 heavy (non-hydrogen) atoms. The number of methoxy groups -OCH3 is 1. The average molecular weight is 441 g/mol. The molecule has 182 valence electrons. The predicted octanol–water partition coefficient (Wildman–Crippen LogP) is 8.82. The van der Waals surface area contributed by atoms with Gasteiger partial charge < -0.3 is 4.74 Å². The van der Waals surface area contributed by atoms with Gasteiger partial charge in [-0.25, -0.2) is 0 Å². The minimum absolute atomic E-state index is 0.268. The minimum atomic E-state index is 0.268. The third-order valence-electron chi connectivity index (χ3n) is 13.3. The number of fused-ring (bicyclic) bond motifs is 7. The Labute approximate surface area is 199 Å². The third-order valence-corrected chi connectivity index (χ3v) is 13.3.